The zero-order valence-corrected chi connectivity index (χ0v) is 18.9. The van der Waals surface area contributed by atoms with Crippen LogP contribution in [0.1, 0.15) is 10.4 Å². The number of amides is 1. The molecule has 0 radical (unpaired) electrons. The predicted molar refractivity (Wildman–Crippen MR) is 126 cm³/mol. The van der Waals surface area contributed by atoms with Gasteiger partial charge in [0, 0.05) is 11.8 Å². The number of ether oxygens (including phenoxy) is 4. The molecule has 5 rings (SSSR count). The zero-order valence-electron chi connectivity index (χ0n) is 18.9. The van der Waals surface area contributed by atoms with Gasteiger partial charge in [0.15, 0.2) is 6.10 Å². The lowest BCUT2D eigenvalue weighted by atomic mass is 10.1. The van der Waals surface area contributed by atoms with E-state index in [4.69, 9.17) is 18.9 Å². The number of carbonyl (C=O) groups excluding carboxylic acids is 2. The van der Waals surface area contributed by atoms with Gasteiger partial charge in [-0.1, -0.05) is 42.5 Å². The highest BCUT2D eigenvalue weighted by atomic mass is 16.6. The maximum Gasteiger partial charge on any atom is 0.412 e. The summed E-state index contributed by atoms with van der Waals surface area (Å²) in [4.78, 5) is 33.4. The minimum Gasteiger partial charge on any atom is -0.465 e. The Balaban J connectivity index is 1.20. The highest BCUT2D eigenvalue weighted by Crippen LogP contribution is 2.31. The van der Waals surface area contributed by atoms with Gasteiger partial charge in [-0.25, -0.2) is 19.6 Å². The number of carbonyl (C=O) groups is 2. The van der Waals surface area contributed by atoms with Crippen LogP contribution in [-0.4, -0.2) is 66.7 Å². The second-order valence-corrected chi connectivity index (χ2v) is 8.08. The van der Waals surface area contributed by atoms with E-state index >= 15 is 0 Å². The molecule has 4 atom stereocenters. The summed E-state index contributed by atoms with van der Waals surface area (Å²) in [5.74, 6) is -0.0949. The summed E-state index contributed by atoms with van der Waals surface area (Å²) in [5.41, 5.74) is 2.31. The molecule has 0 bridgehead atoms. The van der Waals surface area contributed by atoms with Gasteiger partial charge in [0.1, 0.15) is 12.2 Å². The predicted octanol–water partition coefficient (Wildman–Crippen LogP) is 3.13. The molecule has 10 heteroatoms. The standard InChI is InChI=1S/C25H24N4O6/c1-32-23(30)16-9-5-6-10-18(16)29-25(31)35-20-14-34-21-19(13-33-22(20)21)28-24-26-12-11-17(27-24)15-7-3-2-4-8-15/h2-12,19-22H,13-14H2,1H3,(H,29,31)(H,26,27,28)/t19-,20+,21+,22+/m0/s1. The molecule has 1 amide bonds. The van der Waals surface area contributed by atoms with Gasteiger partial charge in [-0.05, 0) is 18.2 Å². The molecule has 1 aromatic heterocycles. The van der Waals surface area contributed by atoms with E-state index in [-0.39, 0.29) is 24.3 Å². The second kappa shape index (κ2) is 10.1. The van der Waals surface area contributed by atoms with Crippen LogP contribution >= 0.6 is 0 Å². The molecule has 2 aromatic carbocycles. The van der Waals surface area contributed by atoms with Crippen LogP contribution < -0.4 is 10.6 Å². The van der Waals surface area contributed by atoms with Crippen LogP contribution in [0, 0.1) is 0 Å². The average Bonchev–Trinajstić information content (AvgIpc) is 3.48. The third kappa shape index (κ3) is 4.93. The number of benzene rings is 2. The number of hydrogen-bond donors (Lipinski definition) is 2. The van der Waals surface area contributed by atoms with Crippen molar-refractivity contribution in [3.05, 3.63) is 72.4 Å². The summed E-state index contributed by atoms with van der Waals surface area (Å²) in [6.07, 6.45) is -0.392. The summed E-state index contributed by atoms with van der Waals surface area (Å²) < 4.78 is 22.1. The maximum atomic E-state index is 12.5. The lowest BCUT2D eigenvalue weighted by Gasteiger charge is -2.18. The van der Waals surface area contributed by atoms with E-state index in [1.165, 1.54) is 7.11 Å². The van der Waals surface area contributed by atoms with Crippen molar-refractivity contribution in [2.24, 2.45) is 0 Å². The quantitative estimate of drug-likeness (QED) is 0.517. The minimum atomic E-state index is -0.713. The van der Waals surface area contributed by atoms with E-state index in [9.17, 15) is 9.59 Å². The van der Waals surface area contributed by atoms with Gasteiger partial charge >= 0.3 is 12.1 Å². The first kappa shape index (κ1) is 22.8. The van der Waals surface area contributed by atoms with Gasteiger partial charge in [0.05, 0.1) is 43.3 Å². The molecule has 3 heterocycles. The van der Waals surface area contributed by atoms with E-state index in [0.717, 1.165) is 11.3 Å². The number of esters is 1. The van der Waals surface area contributed by atoms with Gasteiger partial charge in [-0.3, -0.25) is 5.32 Å². The molecule has 2 aliphatic heterocycles. The number of hydrogen-bond acceptors (Lipinski definition) is 9. The van der Waals surface area contributed by atoms with Crippen LogP contribution in [0.25, 0.3) is 11.3 Å². The molecular formula is C25H24N4O6. The van der Waals surface area contributed by atoms with Crippen molar-refractivity contribution in [3.8, 4) is 11.3 Å². The summed E-state index contributed by atoms with van der Waals surface area (Å²) >= 11 is 0. The van der Waals surface area contributed by atoms with Crippen molar-refractivity contribution < 1.29 is 28.5 Å². The van der Waals surface area contributed by atoms with E-state index in [1.54, 1.807) is 30.5 Å². The van der Waals surface area contributed by atoms with E-state index < -0.39 is 24.3 Å². The van der Waals surface area contributed by atoms with Gasteiger partial charge in [-0.2, -0.15) is 0 Å². The van der Waals surface area contributed by atoms with Crippen LogP contribution in [0.2, 0.25) is 0 Å². The summed E-state index contributed by atoms with van der Waals surface area (Å²) in [5, 5.41) is 5.88. The number of nitrogens with one attached hydrogen (secondary N) is 2. The van der Waals surface area contributed by atoms with Crippen LogP contribution in [0.3, 0.4) is 0 Å². The molecule has 2 fully saturated rings. The van der Waals surface area contributed by atoms with Crippen LogP contribution in [0.5, 0.6) is 0 Å². The highest BCUT2D eigenvalue weighted by Gasteiger charge is 2.49. The SMILES string of the molecule is COC(=O)c1ccccc1NC(=O)O[C@@H]1CO[C@H]2[C@@H]1OC[C@@H]2Nc1nccc(-c2ccccc2)n1. The number of aromatic nitrogens is 2. The van der Waals surface area contributed by atoms with E-state index in [0.29, 0.717) is 18.2 Å². The summed E-state index contributed by atoms with van der Waals surface area (Å²) in [6, 6.07) is 18.0. The smallest absolute Gasteiger partial charge is 0.412 e. The molecule has 2 N–H and O–H groups in total. The summed E-state index contributed by atoms with van der Waals surface area (Å²) in [7, 11) is 1.28. The molecule has 2 aliphatic rings. The fourth-order valence-electron chi connectivity index (χ4n) is 4.21. The normalized spacial score (nSPS) is 22.8. The molecule has 0 saturated carbocycles. The van der Waals surface area contributed by atoms with Crippen LogP contribution in [-0.2, 0) is 18.9 Å². The summed E-state index contributed by atoms with van der Waals surface area (Å²) in [6.45, 7) is 0.533. The Labute approximate surface area is 201 Å². The minimum absolute atomic E-state index is 0.185. The Morgan fingerprint density at radius 3 is 2.57 bits per heavy atom. The fourth-order valence-corrected chi connectivity index (χ4v) is 4.21. The van der Waals surface area contributed by atoms with Gasteiger partial charge in [0.2, 0.25) is 5.95 Å². The first-order valence-corrected chi connectivity index (χ1v) is 11.2. The second-order valence-electron chi connectivity index (χ2n) is 8.08. The highest BCUT2D eigenvalue weighted by molar-refractivity contribution is 5.99. The zero-order chi connectivity index (χ0) is 24.2. The number of nitrogens with zero attached hydrogens (tertiary/aromatic N) is 2. The average molecular weight is 476 g/mol. The lowest BCUT2D eigenvalue weighted by molar-refractivity contribution is 0.00916. The topological polar surface area (TPSA) is 121 Å². The van der Waals surface area contributed by atoms with Crippen LogP contribution in [0.15, 0.2) is 66.9 Å². The van der Waals surface area contributed by atoms with Crippen molar-refractivity contribution >= 4 is 23.7 Å². The van der Waals surface area contributed by atoms with Crippen LogP contribution in [0.4, 0.5) is 16.4 Å². The van der Waals surface area contributed by atoms with Crippen molar-refractivity contribution in [3.63, 3.8) is 0 Å². The number of methoxy groups -OCH3 is 1. The first-order chi connectivity index (χ1) is 17.1. The molecule has 2 saturated heterocycles. The molecule has 180 valence electrons. The first-order valence-electron chi connectivity index (χ1n) is 11.2. The number of anilines is 2. The number of para-hydroxylation sites is 1. The number of rotatable bonds is 6. The van der Waals surface area contributed by atoms with E-state index in [1.807, 2.05) is 36.4 Å². The fraction of sp³-hybridized carbons (Fsp3) is 0.280. The van der Waals surface area contributed by atoms with Gasteiger partial charge in [0.25, 0.3) is 0 Å². The van der Waals surface area contributed by atoms with Crippen molar-refractivity contribution in [2.45, 2.75) is 24.4 Å². The molecule has 0 unspecified atom stereocenters. The monoisotopic (exact) mass is 476 g/mol. The third-order valence-corrected chi connectivity index (χ3v) is 5.88. The Morgan fingerprint density at radius 2 is 1.74 bits per heavy atom. The molecule has 3 aromatic rings. The Bertz CT molecular complexity index is 1210. The molecule has 10 nitrogen and oxygen atoms in total. The van der Waals surface area contributed by atoms with Gasteiger partial charge < -0.3 is 24.3 Å². The van der Waals surface area contributed by atoms with Gasteiger partial charge in [-0.15, -0.1) is 0 Å². The van der Waals surface area contributed by atoms with E-state index in [2.05, 4.69) is 20.6 Å². The largest absolute Gasteiger partial charge is 0.465 e. The van der Waals surface area contributed by atoms with Crippen molar-refractivity contribution in [1.82, 2.24) is 9.97 Å². The Kier molecular flexibility index (Phi) is 6.55. The van der Waals surface area contributed by atoms with Crippen molar-refractivity contribution in [1.29, 1.82) is 0 Å². The maximum absolute atomic E-state index is 12.5. The Hall–Kier alpha value is -4.02. The third-order valence-electron chi connectivity index (χ3n) is 5.88. The Morgan fingerprint density at radius 1 is 0.971 bits per heavy atom. The molecule has 0 aliphatic carbocycles. The molecule has 35 heavy (non-hydrogen) atoms. The lowest BCUT2D eigenvalue weighted by Crippen LogP contribution is -2.38. The molecular weight excluding hydrogens is 452 g/mol. The van der Waals surface area contributed by atoms with Crippen molar-refractivity contribution in [2.75, 3.05) is 31.0 Å². The molecule has 0 spiro atoms. The number of fused-ring (bicyclic) bond motifs is 1.